The number of amides is 1. The number of hydrogen-bond acceptors (Lipinski definition) is 4. The highest BCUT2D eigenvalue weighted by atomic mass is 32.1. The van der Waals surface area contributed by atoms with Crippen molar-refractivity contribution in [1.29, 1.82) is 0 Å². The van der Waals surface area contributed by atoms with Crippen molar-refractivity contribution in [1.82, 2.24) is 5.32 Å². The Bertz CT molecular complexity index is 329. The number of carboxylic acid groups (broad SMARTS) is 1. The van der Waals surface area contributed by atoms with Crippen LogP contribution in [0.3, 0.4) is 0 Å². The van der Waals surface area contributed by atoms with E-state index in [1.54, 1.807) is 6.92 Å². The number of rotatable bonds is 9. The molecule has 0 aliphatic rings. The average molecular weight is 289 g/mol. The number of carbonyl (C=O) groups excluding carboxylic acids is 2. The highest BCUT2D eigenvalue weighted by Gasteiger charge is 2.18. The lowest BCUT2D eigenvalue weighted by Gasteiger charge is -2.21. The number of carboxylic acids is 1. The minimum atomic E-state index is -0.876. The van der Waals surface area contributed by atoms with E-state index >= 15 is 0 Å². The standard InChI is InChI=1S/C13H23NO4S/c1-8(2)10(4-7-13(17)18)14-12(16)6-5-11(15)9(3)19/h8-10,19H,4-7H2,1-3H3,(H,14,16)(H,17,18)/t9?,10-/m1/s1. The molecule has 0 saturated carbocycles. The summed E-state index contributed by atoms with van der Waals surface area (Å²) in [6.45, 7) is 5.52. The Morgan fingerprint density at radius 3 is 2.11 bits per heavy atom. The summed E-state index contributed by atoms with van der Waals surface area (Å²) >= 11 is 4.01. The van der Waals surface area contributed by atoms with Crippen molar-refractivity contribution in [3.05, 3.63) is 0 Å². The molecule has 5 nitrogen and oxygen atoms in total. The number of hydrogen-bond donors (Lipinski definition) is 3. The van der Waals surface area contributed by atoms with E-state index in [0.29, 0.717) is 6.42 Å². The first-order valence-electron chi connectivity index (χ1n) is 6.46. The molecule has 0 aromatic heterocycles. The van der Waals surface area contributed by atoms with Crippen molar-refractivity contribution in [3.8, 4) is 0 Å². The van der Waals surface area contributed by atoms with Crippen LogP contribution >= 0.6 is 12.6 Å². The fourth-order valence-electron chi connectivity index (χ4n) is 1.58. The second-order valence-corrected chi connectivity index (χ2v) is 5.77. The summed E-state index contributed by atoms with van der Waals surface area (Å²) in [6, 6.07) is -0.174. The molecule has 2 atom stereocenters. The van der Waals surface area contributed by atoms with Gasteiger partial charge < -0.3 is 10.4 Å². The summed E-state index contributed by atoms with van der Waals surface area (Å²) in [4.78, 5) is 33.6. The molecule has 0 aromatic rings. The van der Waals surface area contributed by atoms with E-state index in [0.717, 1.165) is 0 Å². The normalized spacial score (nSPS) is 13.9. The third-order valence-electron chi connectivity index (χ3n) is 2.88. The van der Waals surface area contributed by atoms with Crippen molar-refractivity contribution in [2.75, 3.05) is 0 Å². The van der Waals surface area contributed by atoms with Gasteiger partial charge in [-0.3, -0.25) is 14.4 Å². The van der Waals surface area contributed by atoms with Crippen LogP contribution in [0.15, 0.2) is 0 Å². The topological polar surface area (TPSA) is 83.5 Å². The van der Waals surface area contributed by atoms with Gasteiger partial charge >= 0.3 is 5.97 Å². The maximum Gasteiger partial charge on any atom is 0.303 e. The summed E-state index contributed by atoms with van der Waals surface area (Å²) in [6.07, 6.45) is 0.714. The third kappa shape index (κ3) is 8.64. The molecular weight excluding hydrogens is 266 g/mol. The van der Waals surface area contributed by atoms with E-state index in [1.807, 2.05) is 13.8 Å². The molecule has 0 aliphatic heterocycles. The predicted octanol–water partition coefficient (Wildman–Crippen LogP) is 1.66. The number of aliphatic carboxylic acids is 1. The highest BCUT2D eigenvalue weighted by Crippen LogP contribution is 2.10. The van der Waals surface area contributed by atoms with Crippen LogP contribution in [-0.2, 0) is 14.4 Å². The zero-order chi connectivity index (χ0) is 15.0. The lowest BCUT2D eigenvalue weighted by atomic mass is 9.99. The first-order chi connectivity index (χ1) is 8.73. The lowest BCUT2D eigenvalue weighted by molar-refractivity contribution is -0.137. The average Bonchev–Trinajstić information content (AvgIpc) is 2.30. The van der Waals surface area contributed by atoms with Gasteiger partial charge in [0.05, 0.1) is 5.25 Å². The van der Waals surface area contributed by atoms with Crippen LogP contribution < -0.4 is 5.32 Å². The number of ketones is 1. The van der Waals surface area contributed by atoms with E-state index in [9.17, 15) is 14.4 Å². The zero-order valence-electron chi connectivity index (χ0n) is 11.7. The number of carbonyl (C=O) groups is 3. The molecule has 0 aliphatic carbocycles. The molecule has 0 fully saturated rings. The molecule has 0 radical (unpaired) electrons. The molecule has 1 unspecified atom stereocenters. The smallest absolute Gasteiger partial charge is 0.303 e. The molecule has 19 heavy (non-hydrogen) atoms. The SMILES string of the molecule is CC(S)C(=O)CCC(=O)N[C@H](CCC(=O)O)C(C)C. The monoisotopic (exact) mass is 289 g/mol. The van der Waals surface area contributed by atoms with Gasteiger partial charge in [0.2, 0.25) is 5.91 Å². The summed E-state index contributed by atoms with van der Waals surface area (Å²) in [5, 5.41) is 11.1. The van der Waals surface area contributed by atoms with Crippen LogP contribution in [0, 0.1) is 5.92 Å². The maximum absolute atomic E-state index is 11.7. The van der Waals surface area contributed by atoms with Crippen LogP contribution in [0.5, 0.6) is 0 Å². The highest BCUT2D eigenvalue weighted by molar-refractivity contribution is 7.81. The van der Waals surface area contributed by atoms with Gasteiger partial charge in [0.1, 0.15) is 5.78 Å². The molecule has 1 amide bonds. The van der Waals surface area contributed by atoms with Gasteiger partial charge in [-0.2, -0.15) is 12.6 Å². The molecule has 2 N–H and O–H groups in total. The van der Waals surface area contributed by atoms with Gasteiger partial charge in [0, 0.05) is 25.3 Å². The molecule has 0 saturated heterocycles. The van der Waals surface area contributed by atoms with Crippen molar-refractivity contribution >= 4 is 30.3 Å². The lowest BCUT2D eigenvalue weighted by Crippen LogP contribution is -2.39. The van der Waals surface area contributed by atoms with E-state index < -0.39 is 5.97 Å². The number of thiol groups is 1. The van der Waals surface area contributed by atoms with Gasteiger partial charge in [-0.05, 0) is 19.3 Å². The minimum Gasteiger partial charge on any atom is -0.481 e. The van der Waals surface area contributed by atoms with Gasteiger partial charge in [0.15, 0.2) is 0 Å². The summed E-state index contributed by atoms with van der Waals surface area (Å²) in [5.74, 6) is -1.00. The fourth-order valence-corrected chi connectivity index (χ4v) is 1.70. The Kier molecular flexibility index (Phi) is 8.47. The van der Waals surface area contributed by atoms with Gasteiger partial charge in [-0.25, -0.2) is 0 Å². The van der Waals surface area contributed by atoms with Gasteiger partial charge in [-0.1, -0.05) is 13.8 Å². The molecular formula is C13H23NO4S. The van der Waals surface area contributed by atoms with E-state index in [1.165, 1.54) is 0 Å². The Balaban J connectivity index is 4.17. The molecule has 6 heteroatoms. The Morgan fingerprint density at radius 1 is 1.11 bits per heavy atom. The quantitative estimate of drug-likeness (QED) is 0.564. The van der Waals surface area contributed by atoms with Crippen molar-refractivity contribution in [2.24, 2.45) is 5.92 Å². The third-order valence-corrected chi connectivity index (χ3v) is 3.17. The molecule has 0 aromatic carbocycles. The molecule has 0 bridgehead atoms. The van der Waals surface area contributed by atoms with E-state index in [4.69, 9.17) is 5.11 Å². The van der Waals surface area contributed by atoms with Crippen LogP contribution in [-0.4, -0.2) is 34.1 Å². The van der Waals surface area contributed by atoms with Crippen molar-refractivity contribution < 1.29 is 19.5 Å². The first kappa shape index (κ1) is 18.0. The van der Waals surface area contributed by atoms with Gasteiger partial charge in [0.25, 0.3) is 0 Å². The second kappa shape index (κ2) is 8.96. The van der Waals surface area contributed by atoms with E-state index in [-0.39, 0.29) is 48.2 Å². The van der Waals surface area contributed by atoms with Crippen LogP contribution in [0.2, 0.25) is 0 Å². The summed E-state index contributed by atoms with van der Waals surface area (Å²) in [7, 11) is 0. The van der Waals surface area contributed by atoms with Crippen molar-refractivity contribution in [2.45, 2.75) is 57.7 Å². The number of nitrogens with one attached hydrogen (secondary N) is 1. The van der Waals surface area contributed by atoms with Crippen molar-refractivity contribution in [3.63, 3.8) is 0 Å². The van der Waals surface area contributed by atoms with Crippen LogP contribution in [0.4, 0.5) is 0 Å². The summed E-state index contributed by atoms with van der Waals surface area (Å²) in [5.41, 5.74) is 0. The molecule has 0 spiro atoms. The Hall–Kier alpha value is -1.04. The first-order valence-corrected chi connectivity index (χ1v) is 6.97. The van der Waals surface area contributed by atoms with E-state index in [2.05, 4.69) is 17.9 Å². The summed E-state index contributed by atoms with van der Waals surface area (Å²) < 4.78 is 0. The van der Waals surface area contributed by atoms with Crippen LogP contribution in [0.1, 0.15) is 46.5 Å². The zero-order valence-corrected chi connectivity index (χ0v) is 12.6. The molecule has 0 heterocycles. The van der Waals surface area contributed by atoms with Crippen LogP contribution in [0.25, 0.3) is 0 Å². The molecule has 0 rings (SSSR count). The predicted molar refractivity (Wildman–Crippen MR) is 76.3 cm³/mol. The maximum atomic E-state index is 11.7. The van der Waals surface area contributed by atoms with Gasteiger partial charge in [-0.15, -0.1) is 0 Å². The fraction of sp³-hybridized carbons (Fsp3) is 0.769. The second-order valence-electron chi connectivity index (χ2n) is 4.99. The Labute approximate surface area is 119 Å². The minimum absolute atomic E-state index is 0.0235. The number of Topliss-reactive ketones (excluding diaryl/α,β-unsaturated/α-hetero) is 1. The Morgan fingerprint density at radius 2 is 1.68 bits per heavy atom. The largest absolute Gasteiger partial charge is 0.481 e. The molecule has 110 valence electrons.